The van der Waals surface area contributed by atoms with E-state index in [0.717, 1.165) is 3.70 Å². The first-order valence-electron chi connectivity index (χ1n) is 1.84. The van der Waals surface area contributed by atoms with E-state index in [0.29, 0.717) is 0 Å². The molecule has 0 atom stereocenters. The molecule has 0 amide bonds. The molecule has 0 radical (unpaired) electrons. The highest BCUT2D eigenvalue weighted by Crippen LogP contribution is 1.95. The van der Waals surface area contributed by atoms with Gasteiger partial charge in [0.1, 0.15) is 0 Å². The summed E-state index contributed by atoms with van der Waals surface area (Å²) in [6.07, 6.45) is 0. The standard InChI is InChI=1S/C3H2I2N2O/c4-2-1-3(8)7(5)6-2/h1,6H. The molecule has 8 heavy (non-hydrogen) atoms. The third kappa shape index (κ3) is 1.24. The maximum absolute atomic E-state index is 10.6. The van der Waals surface area contributed by atoms with Crippen LogP contribution < -0.4 is 5.56 Å². The molecule has 0 bridgehead atoms. The predicted octanol–water partition coefficient (Wildman–Crippen LogP) is 0.979. The highest BCUT2D eigenvalue weighted by atomic mass is 127. The van der Waals surface area contributed by atoms with Crippen LogP contribution in [0.15, 0.2) is 10.9 Å². The Morgan fingerprint density at radius 1 is 1.75 bits per heavy atom. The van der Waals surface area contributed by atoms with Crippen molar-refractivity contribution in [3.63, 3.8) is 0 Å². The Morgan fingerprint density at radius 3 is 2.50 bits per heavy atom. The van der Waals surface area contributed by atoms with E-state index in [1.54, 1.807) is 0 Å². The van der Waals surface area contributed by atoms with Crippen LogP contribution >= 0.6 is 45.5 Å². The molecule has 0 aromatic carbocycles. The molecule has 1 rings (SSSR count). The van der Waals surface area contributed by atoms with Crippen LogP contribution in [-0.2, 0) is 0 Å². The fourth-order valence-electron chi connectivity index (χ4n) is 0.346. The van der Waals surface area contributed by atoms with Crippen LogP contribution in [0.25, 0.3) is 0 Å². The quantitative estimate of drug-likeness (QED) is 0.705. The molecule has 5 heteroatoms. The lowest BCUT2D eigenvalue weighted by Crippen LogP contribution is -2.03. The molecule has 44 valence electrons. The summed E-state index contributed by atoms with van der Waals surface area (Å²) in [5, 5.41) is 2.78. The van der Waals surface area contributed by atoms with Gasteiger partial charge in [-0.1, -0.05) is 0 Å². The minimum absolute atomic E-state index is 0.00463. The van der Waals surface area contributed by atoms with Crippen LogP contribution in [0.3, 0.4) is 0 Å². The van der Waals surface area contributed by atoms with Crippen LogP contribution in [0.4, 0.5) is 0 Å². The Morgan fingerprint density at radius 2 is 2.38 bits per heavy atom. The van der Waals surface area contributed by atoms with Crippen molar-refractivity contribution in [3.8, 4) is 0 Å². The van der Waals surface area contributed by atoms with Crippen LogP contribution in [0.5, 0.6) is 0 Å². The lowest BCUT2D eigenvalue weighted by atomic mass is 10.7. The van der Waals surface area contributed by atoms with Gasteiger partial charge >= 0.3 is 0 Å². The van der Waals surface area contributed by atoms with Crippen molar-refractivity contribution in [2.24, 2.45) is 0 Å². The number of hydrogen-bond acceptors (Lipinski definition) is 1. The maximum Gasteiger partial charge on any atom is 0.276 e. The predicted molar refractivity (Wildman–Crippen MR) is 47.2 cm³/mol. The molecule has 0 unspecified atom stereocenters. The highest BCUT2D eigenvalue weighted by Gasteiger charge is 1.92. The fraction of sp³-hybridized carbons (Fsp3) is 0. The van der Waals surface area contributed by atoms with Crippen molar-refractivity contribution in [3.05, 3.63) is 20.1 Å². The summed E-state index contributed by atoms with van der Waals surface area (Å²) in [5.74, 6) is 0. The summed E-state index contributed by atoms with van der Waals surface area (Å²) in [6.45, 7) is 0. The van der Waals surface area contributed by atoms with Gasteiger partial charge < -0.3 is 0 Å². The third-order valence-corrected chi connectivity index (χ3v) is 1.92. The second kappa shape index (κ2) is 2.38. The minimum atomic E-state index is -0.00463. The first-order chi connectivity index (χ1) is 3.70. The Bertz CT molecular complexity index is 238. The van der Waals surface area contributed by atoms with E-state index in [-0.39, 0.29) is 5.56 Å². The smallest absolute Gasteiger partial charge is 0.276 e. The molecule has 0 saturated carbocycles. The van der Waals surface area contributed by atoms with Crippen molar-refractivity contribution in [2.75, 3.05) is 0 Å². The van der Waals surface area contributed by atoms with Gasteiger partial charge in [-0.15, -0.1) is 0 Å². The summed E-state index contributed by atoms with van der Waals surface area (Å²) in [6, 6.07) is 1.53. The topological polar surface area (TPSA) is 37.8 Å². The van der Waals surface area contributed by atoms with Crippen molar-refractivity contribution < 1.29 is 0 Å². The number of H-pyrrole nitrogens is 1. The molecule has 0 fully saturated rings. The van der Waals surface area contributed by atoms with Crippen LogP contribution in [-0.4, -0.2) is 7.99 Å². The Hall–Kier alpha value is 0.470. The fourth-order valence-corrected chi connectivity index (χ4v) is 1.71. The maximum atomic E-state index is 10.6. The molecule has 1 aromatic rings. The van der Waals surface area contributed by atoms with Crippen molar-refractivity contribution in [1.29, 1.82) is 0 Å². The van der Waals surface area contributed by atoms with Gasteiger partial charge in [0.25, 0.3) is 5.56 Å². The highest BCUT2D eigenvalue weighted by molar-refractivity contribution is 14.1. The summed E-state index contributed by atoms with van der Waals surface area (Å²) < 4.78 is 2.27. The molecule has 0 aliphatic heterocycles. The van der Waals surface area contributed by atoms with Gasteiger partial charge in [-0.05, 0) is 22.6 Å². The van der Waals surface area contributed by atoms with E-state index >= 15 is 0 Å². The van der Waals surface area contributed by atoms with Crippen molar-refractivity contribution in [1.82, 2.24) is 7.99 Å². The van der Waals surface area contributed by atoms with Crippen molar-refractivity contribution in [2.45, 2.75) is 0 Å². The molecule has 0 spiro atoms. The van der Waals surface area contributed by atoms with E-state index in [1.807, 2.05) is 45.5 Å². The zero-order chi connectivity index (χ0) is 6.15. The van der Waals surface area contributed by atoms with Gasteiger partial charge in [0.2, 0.25) is 0 Å². The normalized spacial score (nSPS) is 9.75. The Kier molecular flexibility index (Phi) is 1.96. The molecule has 0 aliphatic rings. The molecule has 1 heterocycles. The first-order valence-corrected chi connectivity index (χ1v) is 3.88. The van der Waals surface area contributed by atoms with E-state index in [4.69, 9.17) is 0 Å². The first kappa shape index (κ1) is 6.59. The molecule has 3 nitrogen and oxygen atoms in total. The number of hydrogen-bond donors (Lipinski definition) is 1. The van der Waals surface area contributed by atoms with Gasteiger partial charge in [0, 0.05) is 6.07 Å². The second-order valence-electron chi connectivity index (χ2n) is 1.22. The van der Waals surface area contributed by atoms with Gasteiger partial charge in [-0.2, -0.15) is 2.90 Å². The summed E-state index contributed by atoms with van der Waals surface area (Å²) in [5.41, 5.74) is -0.00463. The number of nitrogens with one attached hydrogen (secondary N) is 1. The van der Waals surface area contributed by atoms with Crippen molar-refractivity contribution >= 4 is 45.5 Å². The summed E-state index contributed by atoms with van der Waals surface area (Å²) in [4.78, 5) is 10.6. The monoisotopic (exact) mass is 336 g/mol. The average molecular weight is 336 g/mol. The number of rotatable bonds is 0. The van der Waals surface area contributed by atoms with Gasteiger partial charge in [-0.25, -0.2) is 0 Å². The zero-order valence-corrected chi connectivity index (χ0v) is 8.00. The third-order valence-electron chi connectivity index (χ3n) is 0.649. The Labute approximate surface area is 73.1 Å². The molecule has 1 N–H and O–H groups in total. The van der Waals surface area contributed by atoms with Gasteiger partial charge in [0.15, 0.2) is 0 Å². The molecule has 1 aromatic heterocycles. The van der Waals surface area contributed by atoms with Crippen LogP contribution in [0.1, 0.15) is 0 Å². The zero-order valence-electron chi connectivity index (χ0n) is 3.69. The lowest BCUT2D eigenvalue weighted by Gasteiger charge is -1.78. The summed E-state index contributed by atoms with van der Waals surface area (Å²) in [7, 11) is 0. The number of halogens is 2. The van der Waals surface area contributed by atoms with E-state index in [2.05, 4.69) is 5.10 Å². The largest absolute Gasteiger partial charge is 0.280 e. The van der Waals surface area contributed by atoms with Crippen LogP contribution in [0, 0.1) is 3.70 Å². The molecule has 0 saturated heterocycles. The second-order valence-corrected chi connectivity index (χ2v) is 3.35. The van der Waals surface area contributed by atoms with E-state index in [9.17, 15) is 4.79 Å². The molecule has 0 aliphatic carbocycles. The lowest BCUT2D eigenvalue weighted by molar-refractivity contribution is 1.01. The van der Waals surface area contributed by atoms with E-state index in [1.165, 1.54) is 8.96 Å². The Balaban J connectivity index is 3.35. The summed E-state index contributed by atoms with van der Waals surface area (Å²) >= 11 is 3.93. The van der Waals surface area contributed by atoms with E-state index < -0.39 is 0 Å². The number of nitrogens with zero attached hydrogens (tertiary/aromatic N) is 1. The van der Waals surface area contributed by atoms with Crippen LogP contribution in [0.2, 0.25) is 0 Å². The number of aromatic nitrogens is 2. The molecular formula is C3H2I2N2O. The number of aromatic amines is 1. The average Bonchev–Trinajstić information content (AvgIpc) is 1.85. The minimum Gasteiger partial charge on any atom is -0.280 e. The SMILES string of the molecule is O=c1cc(I)[nH]n1I. The van der Waals surface area contributed by atoms with Gasteiger partial charge in [-0.3, -0.25) is 9.89 Å². The molecular weight excluding hydrogens is 334 g/mol. The van der Waals surface area contributed by atoms with Gasteiger partial charge in [0.05, 0.1) is 26.6 Å².